The second-order valence-corrected chi connectivity index (χ2v) is 7.34. The first kappa shape index (κ1) is 14.0. The molecule has 0 radical (unpaired) electrons. The normalized spacial score (nSPS) is 25.2. The van der Waals surface area contributed by atoms with Gasteiger partial charge in [-0.1, -0.05) is 61.4 Å². The Morgan fingerprint density at radius 2 is 1.95 bits per heavy atom. The first-order valence-corrected chi connectivity index (χ1v) is 8.75. The number of aliphatic imine (C=N–C) groups is 1. The van der Waals surface area contributed by atoms with E-state index in [0.29, 0.717) is 6.04 Å². The van der Waals surface area contributed by atoms with E-state index in [1.165, 1.54) is 42.8 Å². The number of nitrogens with one attached hydrogen (secondary N) is 1. The second-order valence-electron chi connectivity index (χ2n) is 6.34. The second kappa shape index (κ2) is 6.21. The Bertz CT molecular complexity index is 463. The quantitative estimate of drug-likeness (QED) is 0.908. The van der Waals surface area contributed by atoms with Crippen LogP contribution in [0.15, 0.2) is 35.3 Å². The van der Waals surface area contributed by atoms with Crippen LogP contribution < -0.4 is 5.32 Å². The molecule has 0 spiro atoms. The Kier molecular flexibility index (Phi) is 4.35. The molecule has 1 saturated carbocycles. The van der Waals surface area contributed by atoms with Crippen LogP contribution in [-0.2, 0) is 6.42 Å². The van der Waals surface area contributed by atoms with Crippen molar-refractivity contribution in [1.29, 1.82) is 0 Å². The highest BCUT2D eigenvalue weighted by Crippen LogP contribution is 2.30. The van der Waals surface area contributed by atoms with Gasteiger partial charge in [0.2, 0.25) is 0 Å². The molecular weight excluding hydrogens is 264 g/mol. The molecule has 1 aromatic carbocycles. The molecule has 1 unspecified atom stereocenters. The van der Waals surface area contributed by atoms with Gasteiger partial charge in [0.1, 0.15) is 0 Å². The van der Waals surface area contributed by atoms with Crippen LogP contribution in [0.3, 0.4) is 0 Å². The Labute approximate surface area is 126 Å². The summed E-state index contributed by atoms with van der Waals surface area (Å²) in [6.45, 7) is 2.36. The SMILES string of the molecule is CC1(NC2=NC(Cc3ccccc3)CS2)CCCCC1. The summed E-state index contributed by atoms with van der Waals surface area (Å²) in [5.74, 6) is 1.12. The fourth-order valence-electron chi connectivity index (χ4n) is 3.19. The van der Waals surface area contributed by atoms with Crippen LogP contribution in [0.2, 0.25) is 0 Å². The zero-order valence-corrected chi connectivity index (χ0v) is 13.1. The molecule has 0 amide bonds. The fourth-order valence-corrected chi connectivity index (χ4v) is 4.27. The number of nitrogens with zero attached hydrogens (tertiary/aromatic N) is 1. The van der Waals surface area contributed by atoms with Gasteiger partial charge in [-0.25, -0.2) is 0 Å². The number of hydrogen-bond acceptors (Lipinski definition) is 3. The predicted molar refractivity (Wildman–Crippen MR) is 88.5 cm³/mol. The summed E-state index contributed by atoms with van der Waals surface area (Å²) in [6.07, 6.45) is 7.75. The first-order chi connectivity index (χ1) is 9.73. The molecule has 1 aliphatic carbocycles. The highest BCUT2D eigenvalue weighted by molar-refractivity contribution is 8.14. The minimum absolute atomic E-state index is 0.283. The van der Waals surface area contributed by atoms with Crippen molar-refractivity contribution in [2.75, 3.05) is 5.75 Å². The lowest BCUT2D eigenvalue weighted by Gasteiger charge is -2.35. The van der Waals surface area contributed by atoms with Crippen LogP contribution >= 0.6 is 11.8 Å². The van der Waals surface area contributed by atoms with Gasteiger partial charge in [0, 0.05) is 11.3 Å². The van der Waals surface area contributed by atoms with Gasteiger partial charge in [0.15, 0.2) is 5.17 Å². The van der Waals surface area contributed by atoms with E-state index in [0.717, 1.165) is 12.2 Å². The number of amidine groups is 1. The van der Waals surface area contributed by atoms with Crippen molar-refractivity contribution in [3.63, 3.8) is 0 Å². The molecule has 0 saturated heterocycles. The Balaban J connectivity index is 1.57. The molecule has 20 heavy (non-hydrogen) atoms. The molecule has 1 aliphatic heterocycles. The van der Waals surface area contributed by atoms with E-state index in [-0.39, 0.29) is 5.54 Å². The van der Waals surface area contributed by atoms with Gasteiger partial charge in [-0.2, -0.15) is 0 Å². The van der Waals surface area contributed by atoms with Gasteiger partial charge in [0.25, 0.3) is 0 Å². The number of hydrogen-bond donors (Lipinski definition) is 1. The summed E-state index contributed by atoms with van der Waals surface area (Å²) in [6, 6.07) is 11.2. The maximum atomic E-state index is 4.89. The minimum Gasteiger partial charge on any atom is -0.360 e. The molecule has 3 rings (SSSR count). The van der Waals surface area contributed by atoms with E-state index in [9.17, 15) is 0 Å². The molecule has 1 fully saturated rings. The van der Waals surface area contributed by atoms with Crippen molar-refractivity contribution in [2.24, 2.45) is 4.99 Å². The fraction of sp³-hybridized carbons (Fsp3) is 0.588. The molecule has 0 aromatic heterocycles. The number of thioether (sulfide) groups is 1. The summed E-state index contributed by atoms with van der Waals surface area (Å²) in [7, 11) is 0. The van der Waals surface area contributed by atoms with E-state index in [4.69, 9.17) is 4.99 Å². The van der Waals surface area contributed by atoms with E-state index in [1.54, 1.807) is 0 Å². The highest BCUT2D eigenvalue weighted by atomic mass is 32.2. The predicted octanol–water partition coefficient (Wildman–Crippen LogP) is 4.01. The molecular formula is C17H24N2S. The first-order valence-electron chi connectivity index (χ1n) is 7.76. The minimum atomic E-state index is 0.283. The lowest BCUT2D eigenvalue weighted by molar-refractivity contribution is 0.292. The molecule has 1 N–H and O–H groups in total. The highest BCUT2D eigenvalue weighted by Gasteiger charge is 2.29. The molecule has 0 bridgehead atoms. The van der Waals surface area contributed by atoms with Gasteiger partial charge in [0.05, 0.1) is 6.04 Å². The van der Waals surface area contributed by atoms with Gasteiger partial charge in [-0.3, -0.25) is 4.99 Å². The van der Waals surface area contributed by atoms with Gasteiger partial charge < -0.3 is 5.32 Å². The van der Waals surface area contributed by atoms with Crippen LogP contribution in [0.25, 0.3) is 0 Å². The van der Waals surface area contributed by atoms with Crippen molar-refractivity contribution < 1.29 is 0 Å². The molecule has 2 aliphatic rings. The standard InChI is InChI=1S/C17H24N2S/c1-17(10-6-3-7-11-17)19-16-18-15(13-20-16)12-14-8-4-2-5-9-14/h2,4-5,8-9,15H,3,6-7,10-13H2,1H3,(H,18,19). The summed E-state index contributed by atoms with van der Waals surface area (Å²) < 4.78 is 0. The van der Waals surface area contributed by atoms with Crippen molar-refractivity contribution in [3.05, 3.63) is 35.9 Å². The maximum Gasteiger partial charge on any atom is 0.157 e. The van der Waals surface area contributed by atoms with Gasteiger partial charge in [-0.15, -0.1) is 0 Å². The third kappa shape index (κ3) is 3.57. The van der Waals surface area contributed by atoms with Crippen LogP contribution in [0.1, 0.15) is 44.6 Å². The van der Waals surface area contributed by atoms with Gasteiger partial charge >= 0.3 is 0 Å². The Morgan fingerprint density at radius 1 is 1.20 bits per heavy atom. The smallest absolute Gasteiger partial charge is 0.157 e. The van der Waals surface area contributed by atoms with E-state index in [1.807, 2.05) is 11.8 Å². The van der Waals surface area contributed by atoms with Crippen LogP contribution in [0, 0.1) is 0 Å². The lowest BCUT2D eigenvalue weighted by atomic mass is 9.83. The zero-order valence-electron chi connectivity index (χ0n) is 12.3. The van der Waals surface area contributed by atoms with Crippen molar-refractivity contribution in [1.82, 2.24) is 5.32 Å². The van der Waals surface area contributed by atoms with Crippen molar-refractivity contribution >= 4 is 16.9 Å². The summed E-state index contributed by atoms with van der Waals surface area (Å²) in [5.41, 5.74) is 1.68. The molecule has 3 heteroatoms. The third-order valence-electron chi connectivity index (χ3n) is 4.39. The van der Waals surface area contributed by atoms with Crippen molar-refractivity contribution in [3.8, 4) is 0 Å². The molecule has 1 aromatic rings. The summed E-state index contributed by atoms with van der Waals surface area (Å²) in [4.78, 5) is 4.89. The van der Waals surface area contributed by atoms with E-state index in [2.05, 4.69) is 42.6 Å². The Morgan fingerprint density at radius 3 is 2.70 bits per heavy atom. The lowest BCUT2D eigenvalue weighted by Crippen LogP contribution is -2.45. The molecule has 1 atom stereocenters. The molecule has 2 nitrogen and oxygen atoms in total. The Hall–Kier alpha value is -0.960. The average molecular weight is 288 g/mol. The summed E-state index contributed by atoms with van der Waals surface area (Å²) in [5, 5.41) is 4.90. The monoisotopic (exact) mass is 288 g/mol. The number of rotatable bonds is 3. The van der Waals surface area contributed by atoms with Gasteiger partial charge in [-0.05, 0) is 31.7 Å². The van der Waals surface area contributed by atoms with Crippen LogP contribution in [0.4, 0.5) is 0 Å². The maximum absolute atomic E-state index is 4.89. The van der Waals surface area contributed by atoms with Crippen LogP contribution in [0.5, 0.6) is 0 Å². The van der Waals surface area contributed by atoms with E-state index < -0.39 is 0 Å². The topological polar surface area (TPSA) is 24.4 Å². The molecule has 108 valence electrons. The van der Waals surface area contributed by atoms with E-state index >= 15 is 0 Å². The number of benzene rings is 1. The van der Waals surface area contributed by atoms with Crippen LogP contribution in [-0.4, -0.2) is 22.5 Å². The zero-order chi connectivity index (χ0) is 13.8. The third-order valence-corrected chi connectivity index (χ3v) is 5.42. The summed E-state index contributed by atoms with van der Waals surface area (Å²) >= 11 is 1.90. The van der Waals surface area contributed by atoms with Crippen molar-refractivity contribution in [2.45, 2.75) is 57.0 Å². The average Bonchev–Trinajstić information content (AvgIpc) is 2.87. The molecule has 1 heterocycles. The largest absolute Gasteiger partial charge is 0.360 e.